The minimum Gasteiger partial charge on any atom is -0.330 e. The zero-order chi connectivity index (χ0) is 13.7. The minimum atomic E-state index is 0.434. The zero-order valence-electron chi connectivity index (χ0n) is 11.2. The fraction of sp³-hybridized carbons (Fsp3) is 0.294. The molecule has 2 atom stereocenters. The Morgan fingerprint density at radius 1 is 0.947 bits per heavy atom. The molecule has 1 nitrogen and oxygen atoms in total. The average Bonchev–Trinajstić information content (AvgIpc) is 2.46. The standard InChI is InChI=1S/C17H20ClN/c1-13(14-7-9-16(18)10-8-14)17(11-12-19)15-5-3-2-4-6-15/h2-10,13,17H,11-12,19H2,1H3. The van der Waals surface area contributed by atoms with Crippen LogP contribution < -0.4 is 5.73 Å². The molecule has 0 heterocycles. The van der Waals surface area contributed by atoms with Crippen LogP contribution in [0.15, 0.2) is 54.6 Å². The first-order valence-corrected chi connectivity index (χ1v) is 7.10. The van der Waals surface area contributed by atoms with Crippen molar-refractivity contribution in [2.75, 3.05) is 6.54 Å². The van der Waals surface area contributed by atoms with E-state index in [-0.39, 0.29) is 0 Å². The highest BCUT2D eigenvalue weighted by molar-refractivity contribution is 6.30. The third kappa shape index (κ3) is 3.59. The van der Waals surface area contributed by atoms with Crippen molar-refractivity contribution < 1.29 is 0 Å². The van der Waals surface area contributed by atoms with Crippen molar-refractivity contribution in [2.45, 2.75) is 25.2 Å². The van der Waals surface area contributed by atoms with Crippen molar-refractivity contribution in [1.82, 2.24) is 0 Å². The molecule has 2 unspecified atom stereocenters. The summed E-state index contributed by atoms with van der Waals surface area (Å²) in [4.78, 5) is 0. The van der Waals surface area contributed by atoms with Crippen molar-refractivity contribution in [3.63, 3.8) is 0 Å². The molecule has 0 aliphatic carbocycles. The Labute approximate surface area is 120 Å². The van der Waals surface area contributed by atoms with Gasteiger partial charge in [0.1, 0.15) is 0 Å². The molecule has 2 heteroatoms. The molecule has 0 aliphatic rings. The molecule has 0 saturated carbocycles. The van der Waals surface area contributed by atoms with E-state index in [2.05, 4.69) is 49.4 Å². The third-order valence-corrected chi connectivity index (χ3v) is 3.96. The van der Waals surface area contributed by atoms with Gasteiger partial charge in [-0.15, -0.1) is 0 Å². The molecular formula is C17H20ClN. The molecule has 0 aliphatic heterocycles. The summed E-state index contributed by atoms with van der Waals surface area (Å²) in [7, 11) is 0. The van der Waals surface area contributed by atoms with Crippen molar-refractivity contribution in [1.29, 1.82) is 0 Å². The van der Waals surface area contributed by atoms with Gasteiger partial charge in [0.25, 0.3) is 0 Å². The van der Waals surface area contributed by atoms with E-state index in [1.807, 2.05) is 12.1 Å². The molecule has 2 aromatic carbocycles. The van der Waals surface area contributed by atoms with Crippen LogP contribution in [0.1, 0.15) is 36.3 Å². The second-order valence-electron chi connectivity index (χ2n) is 4.93. The molecule has 0 spiro atoms. The quantitative estimate of drug-likeness (QED) is 0.848. The van der Waals surface area contributed by atoms with Gasteiger partial charge in [-0.3, -0.25) is 0 Å². The maximum absolute atomic E-state index is 5.95. The lowest BCUT2D eigenvalue weighted by molar-refractivity contribution is 0.542. The van der Waals surface area contributed by atoms with Gasteiger partial charge in [0.15, 0.2) is 0 Å². The molecule has 2 rings (SSSR count). The lowest BCUT2D eigenvalue weighted by Crippen LogP contribution is -2.13. The SMILES string of the molecule is CC(c1ccc(Cl)cc1)C(CCN)c1ccccc1. The Hall–Kier alpha value is -1.31. The number of hydrogen-bond acceptors (Lipinski definition) is 1. The molecular weight excluding hydrogens is 254 g/mol. The molecule has 100 valence electrons. The van der Waals surface area contributed by atoms with E-state index in [1.165, 1.54) is 11.1 Å². The normalized spacial score (nSPS) is 14.1. The third-order valence-electron chi connectivity index (χ3n) is 3.70. The molecule has 2 aromatic rings. The van der Waals surface area contributed by atoms with Gasteiger partial charge in [-0.2, -0.15) is 0 Å². The average molecular weight is 274 g/mol. The Morgan fingerprint density at radius 2 is 1.58 bits per heavy atom. The van der Waals surface area contributed by atoms with Crippen LogP contribution in [0.4, 0.5) is 0 Å². The predicted molar refractivity (Wildman–Crippen MR) is 82.7 cm³/mol. The number of rotatable bonds is 5. The largest absolute Gasteiger partial charge is 0.330 e. The lowest BCUT2D eigenvalue weighted by Gasteiger charge is -2.24. The molecule has 0 bridgehead atoms. The van der Waals surface area contributed by atoms with E-state index in [1.54, 1.807) is 0 Å². The highest BCUT2D eigenvalue weighted by Crippen LogP contribution is 2.35. The summed E-state index contributed by atoms with van der Waals surface area (Å²) in [6.07, 6.45) is 0.994. The smallest absolute Gasteiger partial charge is 0.0406 e. The van der Waals surface area contributed by atoms with E-state index in [4.69, 9.17) is 17.3 Å². The van der Waals surface area contributed by atoms with Crippen molar-refractivity contribution >= 4 is 11.6 Å². The first-order valence-electron chi connectivity index (χ1n) is 6.73. The topological polar surface area (TPSA) is 26.0 Å². The van der Waals surface area contributed by atoms with Crippen LogP contribution >= 0.6 is 11.6 Å². The summed E-state index contributed by atoms with van der Waals surface area (Å²) < 4.78 is 0. The van der Waals surface area contributed by atoms with Crippen LogP contribution in [-0.2, 0) is 0 Å². The van der Waals surface area contributed by atoms with Gasteiger partial charge in [0, 0.05) is 5.02 Å². The predicted octanol–water partition coefficient (Wildman–Crippen LogP) is 4.58. The van der Waals surface area contributed by atoms with Gasteiger partial charge in [-0.05, 0) is 48.1 Å². The van der Waals surface area contributed by atoms with Gasteiger partial charge >= 0.3 is 0 Å². The number of nitrogens with two attached hydrogens (primary N) is 1. The van der Waals surface area contributed by atoms with Crippen molar-refractivity contribution in [2.24, 2.45) is 5.73 Å². The van der Waals surface area contributed by atoms with Gasteiger partial charge in [-0.25, -0.2) is 0 Å². The maximum Gasteiger partial charge on any atom is 0.0406 e. The molecule has 19 heavy (non-hydrogen) atoms. The van der Waals surface area contributed by atoms with Crippen LogP contribution in [0.25, 0.3) is 0 Å². The number of benzene rings is 2. The number of halogens is 1. The summed E-state index contributed by atoms with van der Waals surface area (Å²) in [5.74, 6) is 0.885. The zero-order valence-corrected chi connectivity index (χ0v) is 12.0. The van der Waals surface area contributed by atoms with Gasteiger partial charge < -0.3 is 5.73 Å². The molecule has 0 fully saturated rings. The fourth-order valence-corrected chi connectivity index (χ4v) is 2.71. The summed E-state index contributed by atoms with van der Waals surface area (Å²) in [6, 6.07) is 18.7. The summed E-state index contributed by atoms with van der Waals surface area (Å²) in [5, 5.41) is 0.783. The molecule has 0 radical (unpaired) electrons. The first-order chi connectivity index (χ1) is 9.22. The Balaban J connectivity index is 2.26. The lowest BCUT2D eigenvalue weighted by atomic mass is 9.81. The van der Waals surface area contributed by atoms with E-state index in [0.29, 0.717) is 18.4 Å². The van der Waals surface area contributed by atoms with Crippen LogP contribution in [-0.4, -0.2) is 6.54 Å². The van der Waals surface area contributed by atoms with E-state index < -0.39 is 0 Å². The van der Waals surface area contributed by atoms with E-state index in [9.17, 15) is 0 Å². The van der Waals surface area contributed by atoms with Crippen LogP contribution in [0.5, 0.6) is 0 Å². The highest BCUT2D eigenvalue weighted by atomic mass is 35.5. The Bertz CT molecular complexity index is 492. The summed E-state index contributed by atoms with van der Waals surface area (Å²) in [6.45, 7) is 2.97. The minimum absolute atomic E-state index is 0.434. The van der Waals surface area contributed by atoms with Crippen molar-refractivity contribution in [3.8, 4) is 0 Å². The Kier molecular flexibility index (Phi) is 5.00. The monoisotopic (exact) mass is 273 g/mol. The molecule has 0 amide bonds. The summed E-state index contributed by atoms with van der Waals surface area (Å²) >= 11 is 5.95. The van der Waals surface area contributed by atoms with Crippen molar-refractivity contribution in [3.05, 3.63) is 70.7 Å². The van der Waals surface area contributed by atoms with Gasteiger partial charge in [-0.1, -0.05) is 61.0 Å². The molecule has 0 aromatic heterocycles. The molecule has 0 saturated heterocycles. The van der Waals surface area contributed by atoms with Gasteiger partial charge in [0.2, 0.25) is 0 Å². The first kappa shape index (κ1) is 14.1. The van der Waals surface area contributed by atoms with Crippen LogP contribution in [0, 0.1) is 0 Å². The second kappa shape index (κ2) is 6.74. The number of hydrogen-bond donors (Lipinski definition) is 1. The summed E-state index contributed by atoms with van der Waals surface area (Å²) in [5.41, 5.74) is 8.45. The second-order valence-corrected chi connectivity index (χ2v) is 5.37. The fourth-order valence-electron chi connectivity index (χ4n) is 2.58. The molecule has 2 N–H and O–H groups in total. The van der Waals surface area contributed by atoms with E-state index >= 15 is 0 Å². The van der Waals surface area contributed by atoms with E-state index in [0.717, 1.165) is 11.4 Å². The highest BCUT2D eigenvalue weighted by Gasteiger charge is 2.19. The van der Waals surface area contributed by atoms with Crippen LogP contribution in [0.3, 0.4) is 0 Å². The van der Waals surface area contributed by atoms with Gasteiger partial charge in [0.05, 0.1) is 0 Å². The van der Waals surface area contributed by atoms with Crippen LogP contribution in [0.2, 0.25) is 5.02 Å². The maximum atomic E-state index is 5.95. The Morgan fingerprint density at radius 3 is 2.16 bits per heavy atom.